The second-order valence-electron chi connectivity index (χ2n) is 6.70. The third-order valence-corrected chi connectivity index (χ3v) is 5.53. The van der Waals surface area contributed by atoms with Crippen LogP contribution in [0.2, 0.25) is 0 Å². The van der Waals surface area contributed by atoms with Crippen LogP contribution in [0.1, 0.15) is 16.1 Å². The van der Waals surface area contributed by atoms with Gasteiger partial charge in [0.05, 0.1) is 17.8 Å². The molecule has 1 aromatic heterocycles. The molecule has 2 aromatic carbocycles. The van der Waals surface area contributed by atoms with Crippen molar-refractivity contribution in [3.63, 3.8) is 0 Å². The molecule has 3 aromatic rings. The predicted octanol–water partition coefficient (Wildman–Crippen LogP) is 3.56. The van der Waals surface area contributed by atoms with E-state index in [9.17, 15) is 14.4 Å². The molecule has 0 unspecified atom stereocenters. The van der Waals surface area contributed by atoms with Crippen molar-refractivity contribution in [2.45, 2.75) is 6.92 Å². The average molecular weight is 552 g/mol. The lowest BCUT2D eigenvalue weighted by Gasteiger charge is -2.13. The second-order valence-corrected chi connectivity index (χ2v) is 8.47. The van der Waals surface area contributed by atoms with E-state index >= 15 is 0 Å². The zero-order valence-corrected chi connectivity index (χ0v) is 20.0. The van der Waals surface area contributed by atoms with Crippen LogP contribution >= 0.6 is 31.9 Å². The first-order valence-electron chi connectivity index (χ1n) is 9.27. The number of aromatic nitrogens is 1. The number of benzene rings is 2. The van der Waals surface area contributed by atoms with Crippen molar-refractivity contribution in [3.8, 4) is 0 Å². The summed E-state index contributed by atoms with van der Waals surface area (Å²) >= 11 is 6.84. The number of ether oxygens (including phenoxy) is 1. The molecule has 0 fully saturated rings. The van der Waals surface area contributed by atoms with Crippen LogP contribution in [0.15, 0.2) is 51.4 Å². The van der Waals surface area contributed by atoms with Crippen molar-refractivity contribution < 1.29 is 19.1 Å². The van der Waals surface area contributed by atoms with Crippen LogP contribution < -0.4 is 16.1 Å². The van der Waals surface area contributed by atoms with Gasteiger partial charge < -0.3 is 15.4 Å². The Morgan fingerprint density at radius 1 is 1.03 bits per heavy atom. The number of hydrogen-bond acceptors (Lipinski definition) is 4. The highest BCUT2D eigenvalue weighted by Crippen LogP contribution is 2.26. The lowest BCUT2D eigenvalue weighted by atomic mass is 10.2. The standard InChI is InChI=1S/C21H20Br2N4O4/c1-12-3-5-16(15(23)9-12)25-19(28)18-11-13-10-14(22)4-6-17(13)27(18)26-21(30)20(29)24-7-8-31-2/h3-6,9-11H,7-8H2,1-2H3,(H,24,29)(H,25,28)(H,26,30). The van der Waals surface area contributed by atoms with Crippen molar-refractivity contribution in [1.29, 1.82) is 0 Å². The lowest BCUT2D eigenvalue weighted by Crippen LogP contribution is -2.40. The van der Waals surface area contributed by atoms with Crippen LogP contribution in [0.5, 0.6) is 0 Å². The van der Waals surface area contributed by atoms with E-state index in [-0.39, 0.29) is 18.8 Å². The third kappa shape index (κ3) is 5.52. The molecule has 31 heavy (non-hydrogen) atoms. The van der Waals surface area contributed by atoms with Crippen molar-refractivity contribution in [1.82, 2.24) is 9.99 Å². The summed E-state index contributed by atoms with van der Waals surface area (Å²) in [4.78, 5) is 37.5. The van der Waals surface area contributed by atoms with Gasteiger partial charge in [0.25, 0.3) is 5.91 Å². The number of fused-ring (bicyclic) bond motifs is 1. The maximum Gasteiger partial charge on any atom is 0.328 e. The molecule has 0 aliphatic heterocycles. The summed E-state index contributed by atoms with van der Waals surface area (Å²) in [6.45, 7) is 2.41. The van der Waals surface area contributed by atoms with E-state index in [4.69, 9.17) is 4.74 Å². The smallest absolute Gasteiger partial charge is 0.328 e. The Hall–Kier alpha value is -2.69. The van der Waals surface area contributed by atoms with Crippen LogP contribution in [0, 0.1) is 6.92 Å². The van der Waals surface area contributed by atoms with E-state index in [1.807, 2.05) is 25.1 Å². The zero-order valence-electron chi connectivity index (χ0n) is 16.8. The highest BCUT2D eigenvalue weighted by atomic mass is 79.9. The van der Waals surface area contributed by atoms with E-state index in [0.29, 0.717) is 16.6 Å². The summed E-state index contributed by atoms with van der Waals surface area (Å²) in [7, 11) is 1.49. The average Bonchev–Trinajstić information content (AvgIpc) is 3.07. The summed E-state index contributed by atoms with van der Waals surface area (Å²) in [6, 6.07) is 12.5. The Morgan fingerprint density at radius 3 is 2.52 bits per heavy atom. The monoisotopic (exact) mass is 550 g/mol. The van der Waals surface area contributed by atoms with Gasteiger partial charge in [0.2, 0.25) is 0 Å². The van der Waals surface area contributed by atoms with Gasteiger partial charge in [-0.25, -0.2) is 4.68 Å². The number of nitrogens with one attached hydrogen (secondary N) is 3. The van der Waals surface area contributed by atoms with Crippen molar-refractivity contribution in [2.24, 2.45) is 0 Å². The van der Waals surface area contributed by atoms with Crippen molar-refractivity contribution in [3.05, 3.63) is 62.7 Å². The molecule has 0 atom stereocenters. The van der Waals surface area contributed by atoms with Crippen molar-refractivity contribution in [2.75, 3.05) is 31.0 Å². The maximum atomic E-state index is 13.1. The summed E-state index contributed by atoms with van der Waals surface area (Å²) in [5, 5.41) is 5.99. The minimum Gasteiger partial charge on any atom is -0.383 e. The number of anilines is 1. The van der Waals surface area contributed by atoms with Crippen molar-refractivity contribution >= 4 is 66.2 Å². The van der Waals surface area contributed by atoms with Gasteiger partial charge in [-0.3, -0.25) is 19.8 Å². The second kappa shape index (κ2) is 10.1. The van der Waals surface area contributed by atoms with Gasteiger partial charge in [0, 0.05) is 28.0 Å². The molecular formula is C21H20Br2N4O4. The first kappa shape index (κ1) is 23.0. The molecule has 3 amide bonds. The molecule has 0 radical (unpaired) electrons. The fraction of sp³-hybridized carbons (Fsp3) is 0.190. The third-order valence-electron chi connectivity index (χ3n) is 4.38. The Morgan fingerprint density at radius 2 is 1.81 bits per heavy atom. The number of nitrogens with zero attached hydrogens (tertiary/aromatic N) is 1. The molecular weight excluding hydrogens is 532 g/mol. The highest BCUT2D eigenvalue weighted by molar-refractivity contribution is 9.10. The Kier molecular flexibility index (Phi) is 7.47. The SMILES string of the molecule is COCCNC(=O)C(=O)Nn1c(C(=O)Nc2ccc(C)cc2Br)cc2cc(Br)ccc21. The topological polar surface area (TPSA) is 101 Å². The highest BCUT2D eigenvalue weighted by Gasteiger charge is 2.21. The number of carbonyl (C=O) groups is 3. The van der Waals surface area contributed by atoms with Crippen LogP contribution in [-0.4, -0.2) is 42.7 Å². The van der Waals surface area contributed by atoms with Gasteiger partial charge in [-0.1, -0.05) is 22.0 Å². The predicted molar refractivity (Wildman–Crippen MR) is 126 cm³/mol. The first-order valence-corrected chi connectivity index (χ1v) is 10.9. The van der Waals surface area contributed by atoms with Gasteiger partial charge in [-0.2, -0.15) is 0 Å². The fourth-order valence-corrected chi connectivity index (χ4v) is 3.85. The Balaban J connectivity index is 1.92. The number of halogens is 2. The van der Waals surface area contributed by atoms with Crippen LogP contribution in [0.3, 0.4) is 0 Å². The van der Waals surface area contributed by atoms with E-state index in [0.717, 1.165) is 14.5 Å². The van der Waals surface area contributed by atoms with E-state index in [1.165, 1.54) is 11.8 Å². The van der Waals surface area contributed by atoms with E-state index < -0.39 is 17.7 Å². The number of hydrogen-bond donors (Lipinski definition) is 3. The van der Waals surface area contributed by atoms with Crippen LogP contribution in [-0.2, 0) is 14.3 Å². The largest absolute Gasteiger partial charge is 0.383 e. The first-order chi connectivity index (χ1) is 14.8. The maximum absolute atomic E-state index is 13.1. The molecule has 0 spiro atoms. The summed E-state index contributed by atoms with van der Waals surface area (Å²) < 4.78 is 7.70. The molecule has 8 nitrogen and oxygen atoms in total. The Bertz CT molecular complexity index is 1160. The number of aryl methyl sites for hydroxylation is 1. The molecule has 3 rings (SSSR count). The molecule has 1 heterocycles. The fourth-order valence-electron chi connectivity index (χ4n) is 2.88. The number of methoxy groups -OCH3 is 1. The van der Waals surface area contributed by atoms with Gasteiger partial charge in [0.1, 0.15) is 5.69 Å². The summed E-state index contributed by atoms with van der Waals surface area (Å²) in [5.41, 5.74) is 4.86. The number of amides is 3. The molecule has 10 heteroatoms. The Labute approximate surface area is 195 Å². The van der Waals surface area contributed by atoms with Gasteiger partial charge in [-0.15, -0.1) is 0 Å². The normalized spacial score (nSPS) is 10.7. The molecule has 0 aliphatic rings. The van der Waals surface area contributed by atoms with Crippen LogP contribution in [0.25, 0.3) is 10.9 Å². The molecule has 3 N–H and O–H groups in total. The van der Waals surface area contributed by atoms with E-state index in [2.05, 4.69) is 47.9 Å². The van der Waals surface area contributed by atoms with Crippen LogP contribution in [0.4, 0.5) is 5.69 Å². The minimum atomic E-state index is -0.901. The minimum absolute atomic E-state index is 0.165. The van der Waals surface area contributed by atoms with Gasteiger partial charge in [0.15, 0.2) is 0 Å². The molecule has 0 bridgehead atoms. The zero-order chi connectivity index (χ0) is 22.5. The lowest BCUT2D eigenvalue weighted by molar-refractivity contribution is -0.136. The summed E-state index contributed by atoms with van der Waals surface area (Å²) in [5.74, 6) is -2.18. The number of carbonyl (C=O) groups excluding carboxylic acids is 3. The van der Waals surface area contributed by atoms with Gasteiger partial charge in [-0.05, 0) is 64.8 Å². The summed E-state index contributed by atoms with van der Waals surface area (Å²) in [6.07, 6.45) is 0. The molecule has 0 saturated carbocycles. The number of rotatable bonds is 6. The molecule has 0 saturated heterocycles. The van der Waals surface area contributed by atoms with E-state index in [1.54, 1.807) is 24.3 Å². The molecule has 0 aliphatic carbocycles. The molecule has 162 valence electrons. The van der Waals surface area contributed by atoms with Gasteiger partial charge >= 0.3 is 11.8 Å². The quantitative estimate of drug-likeness (QED) is 0.322.